The molecule has 0 saturated heterocycles. The minimum absolute atomic E-state index is 0.0282. The molecule has 0 radical (unpaired) electrons. The highest BCUT2D eigenvalue weighted by molar-refractivity contribution is 6.34. The Hall–Kier alpha value is -1.22. The summed E-state index contributed by atoms with van der Waals surface area (Å²) >= 11 is 6.12. The van der Waals surface area contributed by atoms with Gasteiger partial charge in [-0.1, -0.05) is 17.7 Å². The largest absolute Gasteiger partial charge is 0.384 e. The Kier molecular flexibility index (Phi) is 3.29. The lowest BCUT2D eigenvalue weighted by molar-refractivity contribution is 0.609. The molecule has 1 aliphatic rings. The van der Waals surface area contributed by atoms with E-state index in [1.54, 1.807) is 6.07 Å². The second kappa shape index (κ2) is 4.57. The molecule has 0 spiro atoms. The number of nitrogens with two attached hydrogens (primary N) is 1. The SMILES string of the molecule is CC(C1CC1)N(C)c1cccc(Cl)c1C(=N)N. The molecule has 0 bridgehead atoms. The summed E-state index contributed by atoms with van der Waals surface area (Å²) in [4.78, 5) is 2.18. The van der Waals surface area contributed by atoms with Crippen LogP contribution in [-0.2, 0) is 0 Å². The molecule has 1 saturated carbocycles. The molecule has 0 amide bonds. The topological polar surface area (TPSA) is 53.1 Å². The van der Waals surface area contributed by atoms with Gasteiger partial charge in [0.25, 0.3) is 0 Å². The van der Waals surface area contributed by atoms with E-state index in [2.05, 4.69) is 11.8 Å². The molecule has 3 N–H and O–H groups in total. The second-order valence-corrected chi connectivity index (χ2v) is 5.14. The number of hydrogen-bond donors (Lipinski definition) is 2. The van der Waals surface area contributed by atoms with Gasteiger partial charge in [0.2, 0.25) is 0 Å². The van der Waals surface area contributed by atoms with Gasteiger partial charge in [-0.05, 0) is 37.8 Å². The fourth-order valence-electron chi connectivity index (χ4n) is 2.19. The van der Waals surface area contributed by atoms with Crippen LogP contribution in [-0.4, -0.2) is 18.9 Å². The van der Waals surface area contributed by atoms with Crippen molar-refractivity contribution in [1.82, 2.24) is 0 Å². The van der Waals surface area contributed by atoms with Crippen molar-refractivity contribution in [3.8, 4) is 0 Å². The Balaban J connectivity index is 2.36. The van der Waals surface area contributed by atoms with Crippen molar-refractivity contribution in [2.45, 2.75) is 25.8 Å². The Morgan fingerprint density at radius 3 is 2.71 bits per heavy atom. The van der Waals surface area contributed by atoms with E-state index in [4.69, 9.17) is 22.7 Å². The quantitative estimate of drug-likeness (QED) is 0.639. The van der Waals surface area contributed by atoms with Gasteiger partial charge in [0.15, 0.2) is 0 Å². The van der Waals surface area contributed by atoms with Crippen molar-refractivity contribution in [1.29, 1.82) is 5.41 Å². The van der Waals surface area contributed by atoms with Crippen molar-refractivity contribution in [2.75, 3.05) is 11.9 Å². The number of nitrogens with one attached hydrogen (secondary N) is 1. The van der Waals surface area contributed by atoms with Crippen LogP contribution in [0.3, 0.4) is 0 Å². The summed E-state index contributed by atoms with van der Waals surface area (Å²) in [6.07, 6.45) is 2.59. The Labute approximate surface area is 107 Å². The van der Waals surface area contributed by atoms with Crippen LogP contribution >= 0.6 is 11.6 Å². The average Bonchev–Trinajstić information content (AvgIpc) is 3.10. The first-order valence-electron chi connectivity index (χ1n) is 5.88. The van der Waals surface area contributed by atoms with Gasteiger partial charge in [0.1, 0.15) is 5.84 Å². The summed E-state index contributed by atoms with van der Waals surface area (Å²) in [5.74, 6) is 0.791. The van der Waals surface area contributed by atoms with Crippen LogP contribution in [0.2, 0.25) is 5.02 Å². The van der Waals surface area contributed by atoms with Crippen molar-refractivity contribution in [3.05, 3.63) is 28.8 Å². The number of rotatable bonds is 4. The lowest BCUT2D eigenvalue weighted by Gasteiger charge is -2.29. The first-order chi connectivity index (χ1) is 8.02. The molecule has 1 aromatic rings. The van der Waals surface area contributed by atoms with Crippen LogP contribution < -0.4 is 10.6 Å². The second-order valence-electron chi connectivity index (χ2n) is 4.74. The lowest BCUT2D eigenvalue weighted by Crippen LogP contribution is -2.32. The number of halogens is 1. The summed E-state index contributed by atoms with van der Waals surface area (Å²) in [5.41, 5.74) is 7.21. The number of nitrogens with zero attached hydrogens (tertiary/aromatic N) is 1. The molecule has 1 atom stereocenters. The molecular weight excluding hydrogens is 234 g/mol. The number of benzene rings is 1. The standard InChI is InChI=1S/C13H18ClN3/c1-8(9-6-7-9)17(2)11-5-3-4-10(14)12(11)13(15)16/h3-5,8-9H,6-7H2,1-2H3,(H3,15,16). The van der Waals surface area contributed by atoms with Crippen LogP contribution in [0.25, 0.3) is 0 Å². The Morgan fingerprint density at radius 1 is 1.53 bits per heavy atom. The van der Waals surface area contributed by atoms with E-state index >= 15 is 0 Å². The zero-order chi connectivity index (χ0) is 12.6. The molecular formula is C13H18ClN3. The fourth-order valence-corrected chi connectivity index (χ4v) is 2.46. The van der Waals surface area contributed by atoms with Crippen LogP contribution in [0.1, 0.15) is 25.3 Å². The zero-order valence-corrected chi connectivity index (χ0v) is 11.0. The zero-order valence-electron chi connectivity index (χ0n) is 10.2. The summed E-state index contributed by atoms with van der Waals surface area (Å²) in [5, 5.41) is 8.19. The van der Waals surface area contributed by atoms with E-state index < -0.39 is 0 Å². The number of hydrogen-bond acceptors (Lipinski definition) is 2. The predicted molar refractivity (Wildman–Crippen MR) is 73.1 cm³/mol. The molecule has 1 fully saturated rings. The van der Waals surface area contributed by atoms with Crippen LogP contribution in [0, 0.1) is 11.3 Å². The molecule has 2 rings (SSSR count). The lowest BCUT2D eigenvalue weighted by atomic mass is 10.1. The fraction of sp³-hybridized carbons (Fsp3) is 0.462. The van der Waals surface area contributed by atoms with Crippen LogP contribution in [0.5, 0.6) is 0 Å². The number of nitrogen functional groups attached to an aromatic ring is 1. The average molecular weight is 252 g/mol. The molecule has 92 valence electrons. The minimum atomic E-state index is 0.0282. The highest BCUT2D eigenvalue weighted by Gasteiger charge is 2.31. The van der Waals surface area contributed by atoms with Crippen LogP contribution in [0.15, 0.2) is 18.2 Å². The molecule has 4 heteroatoms. The maximum Gasteiger partial charge on any atom is 0.126 e. The molecule has 1 aliphatic carbocycles. The van der Waals surface area contributed by atoms with Gasteiger partial charge in [0, 0.05) is 18.8 Å². The Morgan fingerprint density at radius 2 is 2.18 bits per heavy atom. The maximum atomic E-state index is 7.64. The van der Waals surface area contributed by atoms with Crippen molar-refractivity contribution < 1.29 is 0 Å². The number of anilines is 1. The van der Waals surface area contributed by atoms with Gasteiger partial charge in [-0.15, -0.1) is 0 Å². The molecule has 0 aliphatic heterocycles. The molecule has 17 heavy (non-hydrogen) atoms. The van der Waals surface area contributed by atoms with Crippen LogP contribution in [0.4, 0.5) is 5.69 Å². The molecule has 1 unspecified atom stereocenters. The highest BCUT2D eigenvalue weighted by atomic mass is 35.5. The third-order valence-electron chi connectivity index (χ3n) is 3.56. The normalized spacial score (nSPS) is 16.6. The van der Waals surface area contributed by atoms with E-state index in [0.717, 1.165) is 11.6 Å². The van der Waals surface area contributed by atoms with Gasteiger partial charge < -0.3 is 10.6 Å². The summed E-state index contributed by atoms with van der Waals surface area (Å²) < 4.78 is 0. The maximum absolute atomic E-state index is 7.64. The summed E-state index contributed by atoms with van der Waals surface area (Å²) in [6, 6.07) is 6.12. The van der Waals surface area contributed by atoms with E-state index in [9.17, 15) is 0 Å². The Bertz CT molecular complexity index is 440. The molecule has 3 nitrogen and oxygen atoms in total. The molecule has 1 aromatic carbocycles. The van der Waals surface area contributed by atoms with E-state index in [1.807, 2.05) is 19.2 Å². The number of amidine groups is 1. The highest BCUT2D eigenvalue weighted by Crippen LogP contribution is 2.37. The summed E-state index contributed by atoms with van der Waals surface area (Å²) in [6.45, 7) is 2.21. The van der Waals surface area contributed by atoms with Crippen molar-refractivity contribution in [2.24, 2.45) is 11.7 Å². The van der Waals surface area contributed by atoms with E-state index in [-0.39, 0.29) is 5.84 Å². The van der Waals surface area contributed by atoms with Gasteiger partial charge in [-0.25, -0.2) is 0 Å². The monoisotopic (exact) mass is 251 g/mol. The summed E-state index contributed by atoms with van der Waals surface area (Å²) in [7, 11) is 2.04. The van der Waals surface area contributed by atoms with Gasteiger partial charge in [-0.2, -0.15) is 0 Å². The van der Waals surface area contributed by atoms with Gasteiger partial charge in [0.05, 0.1) is 10.6 Å². The van der Waals surface area contributed by atoms with Gasteiger partial charge in [-0.3, -0.25) is 5.41 Å². The van der Waals surface area contributed by atoms with Gasteiger partial charge >= 0.3 is 0 Å². The minimum Gasteiger partial charge on any atom is -0.384 e. The third-order valence-corrected chi connectivity index (χ3v) is 3.87. The predicted octanol–water partition coefficient (Wildman–Crippen LogP) is 2.86. The van der Waals surface area contributed by atoms with E-state index in [1.165, 1.54) is 12.8 Å². The molecule has 0 heterocycles. The van der Waals surface area contributed by atoms with Crippen molar-refractivity contribution >= 4 is 23.1 Å². The molecule has 0 aromatic heterocycles. The first kappa shape index (κ1) is 12.2. The third kappa shape index (κ3) is 2.39. The van der Waals surface area contributed by atoms with Crippen molar-refractivity contribution in [3.63, 3.8) is 0 Å². The van der Waals surface area contributed by atoms with E-state index in [0.29, 0.717) is 16.6 Å². The smallest absolute Gasteiger partial charge is 0.126 e. The first-order valence-corrected chi connectivity index (χ1v) is 6.26.